The zero-order chi connectivity index (χ0) is 21.3. The predicted molar refractivity (Wildman–Crippen MR) is 111 cm³/mol. The van der Waals surface area contributed by atoms with Crippen LogP contribution < -0.4 is 11.1 Å². The first-order valence-electron chi connectivity index (χ1n) is 9.33. The van der Waals surface area contributed by atoms with Crippen LogP contribution in [-0.4, -0.2) is 33.7 Å². The maximum Gasteiger partial charge on any atom is 0.331 e. The highest BCUT2D eigenvalue weighted by molar-refractivity contribution is 7.17. The molecule has 3 rings (SSSR count). The van der Waals surface area contributed by atoms with Crippen molar-refractivity contribution in [2.24, 2.45) is 12.8 Å². The maximum absolute atomic E-state index is 12.5. The summed E-state index contributed by atoms with van der Waals surface area (Å²) in [7, 11) is 1.82. The van der Waals surface area contributed by atoms with E-state index in [9.17, 15) is 14.4 Å². The molecule has 0 aromatic carbocycles. The average molecular weight is 417 g/mol. The first-order chi connectivity index (χ1) is 13.7. The molecule has 0 spiro atoms. The third-order valence-corrected chi connectivity index (χ3v) is 6.22. The Hall–Kier alpha value is -2.94. The number of nitrogens with zero attached hydrogens (tertiary/aromatic N) is 2. The van der Waals surface area contributed by atoms with Gasteiger partial charge in [-0.15, -0.1) is 11.3 Å². The number of primary amides is 1. The van der Waals surface area contributed by atoms with Crippen molar-refractivity contribution in [2.75, 3.05) is 5.32 Å². The standard InChI is InChI=1S/C20H24N4O4S/c1-10-13(11(2)24(4)23-10)8-9-16(25)28-12(3)19(27)22-20-17(18(21)26)14-6-5-7-15(14)29-20/h8-9,12H,5-7H2,1-4H3,(H2,21,26)(H,22,27)/b9-8+/t12-/m0/s1. The van der Waals surface area contributed by atoms with Crippen LogP contribution in [0.3, 0.4) is 0 Å². The SMILES string of the molecule is Cc1nn(C)c(C)c1/C=C/C(=O)O[C@@H](C)C(=O)Nc1sc2c(c1C(N)=O)CCC2. The van der Waals surface area contributed by atoms with E-state index in [2.05, 4.69) is 10.4 Å². The number of nitrogens with one attached hydrogen (secondary N) is 1. The van der Waals surface area contributed by atoms with E-state index >= 15 is 0 Å². The highest BCUT2D eigenvalue weighted by Gasteiger charge is 2.27. The molecule has 0 bridgehead atoms. The lowest BCUT2D eigenvalue weighted by Gasteiger charge is -2.12. The lowest BCUT2D eigenvalue weighted by Crippen LogP contribution is -2.30. The van der Waals surface area contributed by atoms with Crippen LogP contribution in [0.2, 0.25) is 0 Å². The van der Waals surface area contributed by atoms with Crippen LogP contribution in [0.1, 0.15) is 51.1 Å². The second-order valence-electron chi connectivity index (χ2n) is 7.04. The first-order valence-corrected chi connectivity index (χ1v) is 10.1. The zero-order valence-corrected chi connectivity index (χ0v) is 17.7. The minimum Gasteiger partial charge on any atom is -0.449 e. The van der Waals surface area contributed by atoms with E-state index in [4.69, 9.17) is 10.5 Å². The summed E-state index contributed by atoms with van der Waals surface area (Å²) in [6, 6.07) is 0. The minimum atomic E-state index is -1.03. The highest BCUT2D eigenvalue weighted by atomic mass is 32.1. The second kappa shape index (κ2) is 8.20. The van der Waals surface area contributed by atoms with Gasteiger partial charge in [-0.2, -0.15) is 5.10 Å². The fraction of sp³-hybridized carbons (Fsp3) is 0.400. The number of rotatable bonds is 6. The van der Waals surface area contributed by atoms with Crippen LogP contribution in [0.5, 0.6) is 0 Å². The number of hydrogen-bond donors (Lipinski definition) is 2. The number of thiophene rings is 1. The van der Waals surface area contributed by atoms with Crippen LogP contribution in [0.4, 0.5) is 5.00 Å². The summed E-state index contributed by atoms with van der Waals surface area (Å²) in [5.74, 6) is -1.71. The molecular formula is C20H24N4O4S. The second-order valence-corrected chi connectivity index (χ2v) is 8.14. The summed E-state index contributed by atoms with van der Waals surface area (Å²) in [4.78, 5) is 37.5. The van der Waals surface area contributed by atoms with E-state index in [0.29, 0.717) is 10.6 Å². The normalized spacial score (nSPS) is 14.1. The monoisotopic (exact) mass is 416 g/mol. The molecule has 8 nitrogen and oxygen atoms in total. The van der Waals surface area contributed by atoms with Gasteiger partial charge < -0.3 is 15.8 Å². The number of esters is 1. The molecule has 3 N–H and O–H groups in total. The Labute approximate surface area is 172 Å². The molecule has 2 heterocycles. The molecule has 1 aliphatic rings. The molecule has 2 aromatic heterocycles. The fourth-order valence-electron chi connectivity index (χ4n) is 3.42. The molecular weight excluding hydrogens is 392 g/mol. The van der Waals surface area contributed by atoms with E-state index in [1.165, 1.54) is 24.3 Å². The van der Waals surface area contributed by atoms with E-state index in [1.807, 2.05) is 20.9 Å². The van der Waals surface area contributed by atoms with E-state index in [1.54, 1.807) is 10.8 Å². The summed E-state index contributed by atoms with van der Waals surface area (Å²) in [5.41, 5.74) is 9.34. The smallest absolute Gasteiger partial charge is 0.331 e. The largest absolute Gasteiger partial charge is 0.449 e. The van der Waals surface area contributed by atoms with E-state index in [0.717, 1.165) is 46.7 Å². The topological polar surface area (TPSA) is 116 Å². The molecule has 0 aliphatic heterocycles. The van der Waals surface area contributed by atoms with Gasteiger partial charge >= 0.3 is 5.97 Å². The molecule has 2 aromatic rings. The van der Waals surface area contributed by atoms with Crippen LogP contribution in [0.15, 0.2) is 6.08 Å². The van der Waals surface area contributed by atoms with Crippen molar-refractivity contribution in [3.8, 4) is 0 Å². The van der Waals surface area contributed by atoms with Crippen molar-refractivity contribution in [2.45, 2.75) is 46.1 Å². The van der Waals surface area contributed by atoms with Gasteiger partial charge in [0.2, 0.25) is 0 Å². The minimum absolute atomic E-state index is 0.372. The molecule has 0 saturated heterocycles. The number of hydrogen-bond acceptors (Lipinski definition) is 6. The van der Waals surface area contributed by atoms with Gasteiger partial charge in [-0.25, -0.2) is 4.79 Å². The van der Waals surface area contributed by atoms with Gasteiger partial charge in [0.15, 0.2) is 6.10 Å². The number of aromatic nitrogens is 2. The van der Waals surface area contributed by atoms with Crippen molar-refractivity contribution >= 4 is 40.2 Å². The molecule has 0 saturated carbocycles. The van der Waals surface area contributed by atoms with Gasteiger partial charge in [0.25, 0.3) is 11.8 Å². The van der Waals surface area contributed by atoms with E-state index < -0.39 is 23.9 Å². The van der Waals surface area contributed by atoms with Gasteiger partial charge in [-0.3, -0.25) is 14.3 Å². The maximum atomic E-state index is 12.5. The summed E-state index contributed by atoms with van der Waals surface area (Å²) in [6.45, 7) is 5.23. The number of aryl methyl sites for hydroxylation is 3. The number of fused-ring (bicyclic) bond motifs is 1. The third kappa shape index (κ3) is 4.24. The van der Waals surface area contributed by atoms with Gasteiger partial charge in [-0.1, -0.05) is 0 Å². The molecule has 154 valence electrons. The highest BCUT2D eigenvalue weighted by Crippen LogP contribution is 2.38. The summed E-state index contributed by atoms with van der Waals surface area (Å²) in [5, 5.41) is 7.39. The number of ether oxygens (including phenoxy) is 1. The van der Waals surface area contributed by atoms with Crippen LogP contribution in [-0.2, 0) is 34.2 Å². The number of nitrogens with two attached hydrogens (primary N) is 1. The number of carbonyl (C=O) groups is 3. The van der Waals surface area contributed by atoms with Crippen LogP contribution in [0, 0.1) is 13.8 Å². The fourth-order valence-corrected chi connectivity index (χ4v) is 4.71. The van der Waals surface area contributed by atoms with Gasteiger partial charge in [-0.05, 0) is 51.7 Å². The van der Waals surface area contributed by atoms with Crippen LogP contribution >= 0.6 is 11.3 Å². The lowest BCUT2D eigenvalue weighted by molar-refractivity contribution is -0.148. The van der Waals surface area contributed by atoms with Crippen molar-refractivity contribution in [3.63, 3.8) is 0 Å². The average Bonchev–Trinajstić information content (AvgIpc) is 3.27. The Morgan fingerprint density at radius 1 is 1.31 bits per heavy atom. The molecule has 1 aliphatic carbocycles. The van der Waals surface area contributed by atoms with Gasteiger partial charge in [0.1, 0.15) is 5.00 Å². The summed E-state index contributed by atoms with van der Waals surface area (Å²) in [6.07, 6.45) is 4.50. The van der Waals surface area contributed by atoms with Crippen molar-refractivity contribution in [1.82, 2.24) is 9.78 Å². The quantitative estimate of drug-likeness (QED) is 0.553. The lowest BCUT2D eigenvalue weighted by atomic mass is 10.1. The number of carbonyl (C=O) groups excluding carboxylic acids is 3. The number of anilines is 1. The Bertz CT molecular complexity index is 1020. The van der Waals surface area contributed by atoms with Crippen molar-refractivity contribution < 1.29 is 19.1 Å². The molecule has 9 heteroatoms. The zero-order valence-electron chi connectivity index (χ0n) is 16.9. The van der Waals surface area contributed by atoms with E-state index in [-0.39, 0.29) is 0 Å². The third-order valence-electron chi connectivity index (χ3n) is 5.02. The molecule has 0 radical (unpaired) electrons. The number of amides is 2. The Morgan fingerprint density at radius 2 is 2.03 bits per heavy atom. The summed E-state index contributed by atoms with van der Waals surface area (Å²) < 4.78 is 6.92. The Morgan fingerprint density at radius 3 is 2.66 bits per heavy atom. The van der Waals surface area contributed by atoms with Crippen molar-refractivity contribution in [1.29, 1.82) is 0 Å². The molecule has 0 unspecified atom stereocenters. The first kappa shape index (κ1) is 20.8. The summed E-state index contributed by atoms with van der Waals surface area (Å²) >= 11 is 1.36. The molecule has 29 heavy (non-hydrogen) atoms. The molecule has 2 amide bonds. The Kier molecular flexibility index (Phi) is 5.88. The molecule has 1 atom stereocenters. The van der Waals surface area contributed by atoms with Crippen LogP contribution in [0.25, 0.3) is 6.08 Å². The van der Waals surface area contributed by atoms with Gasteiger partial charge in [0.05, 0.1) is 11.3 Å². The predicted octanol–water partition coefficient (Wildman–Crippen LogP) is 2.27. The van der Waals surface area contributed by atoms with Gasteiger partial charge in [0, 0.05) is 29.3 Å². The Balaban J connectivity index is 1.65. The molecule has 0 fully saturated rings. The van der Waals surface area contributed by atoms with Crippen molar-refractivity contribution in [3.05, 3.63) is 39.0 Å².